The minimum absolute atomic E-state index is 0.0388. The van der Waals surface area contributed by atoms with Gasteiger partial charge in [-0.1, -0.05) is 0 Å². The van der Waals surface area contributed by atoms with Crippen LogP contribution in [0.5, 0.6) is 0 Å². The van der Waals surface area contributed by atoms with Crippen LogP contribution < -0.4 is 5.32 Å². The third-order valence-electron chi connectivity index (χ3n) is 3.65. The predicted octanol–water partition coefficient (Wildman–Crippen LogP) is 5.14. The smallest absolute Gasteiger partial charge is 0.379 e. The van der Waals surface area contributed by atoms with Crippen LogP contribution in [0.15, 0.2) is 47.4 Å². The zero-order valence-electron chi connectivity index (χ0n) is 13.6. The number of hydrogen-bond acceptors (Lipinski definition) is 3. The van der Waals surface area contributed by atoms with Crippen molar-refractivity contribution in [2.45, 2.75) is 30.2 Å². The third kappa shape index (κ3) is 5.36. The lowest BCUT2D eigenvalue weighted by Crippen LogP contribution is -2.14. The van der Waals surface area contributed by atoms with Crippen molar-refractivity contribution in [2.24, 2.45) is 0 Å². The molecule has 4 nitrogen and oxygen atoms in total. The first-order valence-corrected chi connectivity index (χ1v) is 8.75. The molecule has 0 radical (unpaired) electrons. The third-order valence-corrected chi connectivity index (χ3v) is 4.51. The molecule has 0 aliphatic heterocycles. The van der Waals surface area contributed by atoms with Gasteiger partial charge in [-0.2, -0.15) is 34.8 Å². The van der Waals surface area contributed by atoms with Crippen LogP contribution in [0.3, 0.4) is 0 Å². The number of rotatable bonds is 4. The van der Waals surface area contributed by atoms with E-state index in [0.29, 0.717) is 12.1 Å². The first-order chi connectivity index (χ1) is 12.2. The van der Waals surface area contributed by atoms with E-state index in [1.807, 2.05) is 0 Å². The lowest BCUT2D eigenvalue weighted by Gasteiger charge is -2.20. The first kappa shape index (κ1) is 21.0. The Morgan fingerprint density at radius 1 is 0.889 bits per heavy atom. The topological polar surface area (TPSA) is 66.4 Å². The molecule has 11 heteroatoms. The van der Waals surface area contributed by atoms with Gasteiger partial charge in [-0.05, 0) is 55.0 Å². The van der Waals surface area contributed by atoms with Crippen molar-refractivity contribution in [3.63, 3.8) is 0 Å². The van der Waals surface area contributed by atoms with Crippen LogP contribution in [0.4, 0.5) is 32.0 Å². The summed E-state index contributed by atoms with van der Waals surface area (Å²) >= 11 is 0. The number of alkyl halides is 6. The maximum Gasteiger partial charge on any atom is 0.416 e. The van der Waals surface area contributed by atoms with Gasteiger partial charge >= 0.3 is 12.4 Å². The van der Waals surface area contributed by atoms with E-state index in [-0.39, 0.29) is 17.3 Å². The van der Waals surface area contributed by atoms with E-state index in [9.17, 15) is 34.8 Å². The molecule has 0 heterocycles. The second-order valence-electron chi connectivity index (χ2n) is 5.70. The van der Waals surface area contributed by atoms with Crippen LogP contribution in [0.25, 0.3) is 0 Å². The molecule has 2 aromatic carbocycles. The van der Waals surface area contributed by atoms with E-state index in [0.717, 1.165) is 12.1 Å². The number of hydrogen-bond donors (Lipinski definition) is 2. The van der Waals surface area contributed by atoms with Gasteiger partial charge < -0.3 is 5.32 Å². The van der Waals surface area contributed by atoms with E-state index in [4.69, 9.17) is 4.55 Å². The highest BCUT2D eigenvalue weighted by molar-refractivity contribution is 7.85. The molecule has 0 aliphatic rings. The molecule has 0 saturated carbocycles. The molecule has 27 heavy (non-hydrogen) atoms. The van der Waals surface area contributed by atoms with Crippen LogP contribution >= 0.6 is 0 Å². The fourth-order valence-electron chi connectivity index (χ4n) is 2.29. The van der Waals surface area contributed by atoms with Gasteiger partial charge in [-0.25, -0.2) is 0 Å². The van der Waals surface area contributed by atoms with Crippen molar-refractivity contribution in [1.29, 1.82) is 0 Å². The molecule has 2 rings (SSSR count). The molecule has 0 fully saturated rings. The fraction of sp³-hybridized carbons (Fsp3) is 0.250. The van der Waals surface area contributed by atoms with E-state index in [1.165, 1.54) is 19.1 Å². The van der Waals surface area contributed by atoms with E-state index < -0.39 is 44.5 Å². The molecule has 0 aromatic heterocycles. The first-order valence-electron chi connectivity index (χ1n) is 7.31. The summed E-state index contributed by atoms with van der Waals surface area (Å²) < 4.78 is 108. The second-order valence-corrected chi connectivity index (χ2v) is 7.13. The molecule has 0 aliphatic carbocycles. The summed E-state index contributed by atoms with van der Waals surface area (Å²) in [5, 5.41) is 2.68. The zero-order valence-corrected chi connectivity index (χ0v) is 14.4. The normalized spacial score (nSPS) is 14.1. The summed E-state index contributed by atoms with van der Waals surface area (Å²) in [6.45, 7) is 1.35. The van der Waals surface area contributed by atoms with E-state index in [1.54, 1.807) is 0 Å². The number of anilines is 1. The van der Waals surface area contributed by atoms with Crippen LogP contribution in [0.1, 0.15) is 29.7 Å². The average Bonchev–Trinajstić information content (AvgIpc) is 2.52. The van der Waals surface area contributed by atoms with Gasteiger partial charge in [0.1, 0.15) is 0 Å². The Bertz CT molecular complexity index is 888. The Hall–Kier alpha value is -2.27. The summed E-state index contributed by atoms with van der Waals surface area (Å²) in [6.07, 6.45) is -9.90. The lowest BCUT2D eigenvalue weighted by atomic mass is 10.00. The molecule has 1 unspecified atom stereocenters. The molecule has 2 aromatic rings. The lowest BCUT2D eigenvalue weighted by molar-refractivity contribution is -0.143. The van der Waals surface area contributed by atoms with Gasteiger partial charge in [0.25, 0.3) is 10.1 Å². The van der Waals surface area contributed by atoms with Crippen molar-refractivity contribution >= 4 is 15.8 Å². The largest absolute Gasteiger partial charge is 0.416 e. The molecule has 1 atom stereocenters. The maximum absolute atomic E-state index is 12.9. The highest BCUT2D eigenvalue weighted by atomic mass is 32.2. The number of nitrogens with one attached hydrogen (secondary N) is 1. The number of benzene rings is 2. The molecular weight excluding hydrogens is 400 g/mol. The summed E-state index contributed by atoms with van der Waals surface area (Å²) in [7, 11) is -4.42. The Kier molecular flexibility index (Phi) is 5.48. The monoisotopic (exact) mass is 413 g/mol. The average molecular weight is 413 g/mol. The Morgan fingerprint density at radius 3 is 1.70 bits per heavy atom. The van der Waals surface area contributed by atoms with Crippen molar-refractivity contribution in [3.05, 3.63) is 59.2 Å². The zero-order chi connectivity index (χ0) is 20.6. The van der Waals surface area contributed by atoms with Crippen LogP contribution in [-0.4, -0.2) is 13.0 Å². The van der Waals surface area contributed by atoms with Crippen LogP contribution in [-0.2, 0) is 22.5 Å². The summed E-state index contributed by atoms with van der Waals surface area (Å²) in [5.41, 5.74) is -2.87. The van der Waals surface area contributed by atoms with Crippen LogP contribution in [0, 0.1) is 0 Å². The van der Waals surface area contributed by atoms with Gasteiger partial charge in [0.2, 0.25) is 0 Å². The van der Waals surface area contributed by atoms with Crippen LogP contribution in [0.2, 0.25) is 0 Å². The molecule has 0 saturated heterocycles. The molecule has 2 N–H and O–H groups in total. The fourth-order valence-corrected chi connectivity index (χ4v) is 2.77. The molecule has 0 amide bonds. The van der Waals surface area contributed by atoms with Gasteiger partial charge in [0.15, 0.2) is 0 Å². The summed E-state index contributed by atoms with van der Waals surface area (Å²) in [4.78, 5) is -0.404. The summed E-state index contributed by atoms with van der Waals surface area (Å²) in [5.74, 6) is 0. The highest BCUT2D eigenvalue weighted by Gasteiger charge is 2.37. The molecule has 148 valence electrons. The summed E-state index contributed by atoms with van der Waals surface area (Å²) in [6, 6.07) is 4.83. The Balaban J connectivity index is 2.36. The minimum atomic E-state index is -4.95. The standard InChI is InChI=1S/C16H13F6NO3S/c1-9(23-13-2-4-14(5-3-13)27(24,25)26)10-6-11(15(17,18)19)8-12(7-10)16(20,21)22/h2-9,23H,1H3,(H,24,25,26). The van der Waals surface area contributed by atoms with Gasteiger partial charge in [-0.15, -0.1) is 0 Å². The van der Waals surface area contributed by atoms with Crippen molar-refractivity contribution in [3.8, 4) is 0 Å². The molecular formula is C16H13F6NO3S. The second kappa shape index (κ2) is 7.04. The SMILES string of the molecule is CC(Nc1ccc(S(=O)(=O)O)cc1)c1cc(C(F)(F)F)cc(C(F)(F)F)c1. The minimum Gasteiger partial charge on any atom is -0.379 e. The van der Waals surface area contributed by atoms with E-state index >= 15 is 0 Å². The Labute approximate surface area is 150 Å². The molecule has 0 bridgehead atoms. The Morgan fingerprint density at radius 2 is 1.33 bits per heavy atom. The number of halogens is 6. The van der Waals surface area contributed by atoms with Gasteiger partial charge in [-0.3, -0.25) is 4.55 Å². The van der Waals surface area contributed by atoms with Crippen molar-refractivity contribution in [2.75, 3.05) is 5.32 Å². The quantitative estimate of drug-likeness (QED) is 0.538. The molecule has 0 spiro atoms. The van der Waals surface area contributed by atoms with Crippen molar-refractivity contribution in [1.82, 2.24) is 0 Å². The van der Waals surface area contributed by atoms with Crippen molar-refractivity contribution < 1.29 is 39.3 Å². The van der Waals surface area contributed by atoms with Gasteiger partial charge in [0, 0.05) is 11.7 Å². The predicted molar refractivity (Wildman–Crippen MR) is 84.7 cm³/mol. The highest BCUT2D eigenvalue weighted by Crippen LogP contribution is 2.37. The van der Waals surface area contributed by atoms with E-state index in [2.05, 4.69) is 5.32 Å². The maximum atomic E-state index is 12.9. The van der Waals surface area contributed by atoms with Gasteiger partial charge in [0.05, 0.1) is 16.0 Å².